The highest BCUT2D eigenvalue weighted by Gasteiger charge is 2.14. The van der Waals surface area contributed by atoms with Gasteiger partial charge in [0.05, 0.1) is 0 Å². The fourth-order valence-electron chi connectivity index (χ4n) is 1.65. The van der Waals surface area contributed by atoms with Crippen molar-refractivity contribution in [3.8, 4) is 0 Å². The van der Waals surface area contributed by atoms with Crippen molar-refractivity contribution in [3.63, 3.8) is 0 Å². The minimum atomic E-state index is -0.980. The van der Waals surface area contributed by atoms with Gasteiger partial charge in [-0.15, -0.1) is 0 Å². The molecule has 4 nitrogen and oxygen atoms in total. The number of hydrogen-bond donors (Lipinski definition) is 3. The van der Waals surface area contributed by atoms with E-state index in [2.05, 4.69) is 20.9 Å². The van der Waals surface area contributed by atoms with E-state index in [1.165, 1.54) is 0 Å². The van der Waals surface area contributed by atoms with Crippen molar-refractivity contribution in [1.29, 1.82) is 0 Å². The number of hydrogen-bond acceptors (Lipinski definition) is 2. The van der Waals surface area contributed by atoms with E-state index >= 15 is 0 Å². The molecule has 0 spiro atoms. The van der Waals surface area contributed by atoms with Gasteiger partial charge in [0.25, 0.3) is 0 Å². The molecule has 1 aromatic carbocycles. The number of aliphatic carboxylic acids is 1. The van der Waals surface area contributed by atoms with E-state index in [1.54, 1.807) is 6.20 Å². The molecule has 2 aromatic rings. The molecule has 1 aromatic heterocycles. The number of rotatable bonds is 3. The summed E-state index contributed by atoms with van der Waals surface area (Å²) in [4.78, 5) is 13.8. The van der Waals surface area contributed by atoms with Crippen LogP contribution in [0.5, 0.6) is 0 Å². The van der Waals surface area contributed by atoms with E-state index in [1.807, 2.05) is 45.9 Å². The summed E-state index contributed by atoms with van der Waals surface area (Å²) in [6.07, 6.45) is 2.14. The van der Waals surface area contributed by atoms with Gasteiger partial charge in [0.15, 0.2) is 0 Å². The van der Waals surface area contributed by atoms with Crippen LogP contribution in [0.15, 0.2) is 28.9 Å². The lowest BCUT2D eigenvalue weighted by Crippen LogP contribution is -2.32. The van der Waals surface area contributed by atoms with E-state index in [4.69, 9.17) is 10.8 Å². The number of nitrogens with two attached hydrogens (primary N) is 1. The first-order chi connectivity index (χ1) is 9.58. The van der Waals surface area contributed by atoms with Crippen molar-refractivity contribution in [2.45, 2.75) is 40.2 Å². The Morgan fingerprint density at radius 3 is 2.50 bits per heavy atom. The van der Waals surface area contributed by atoms with Crippen molar-refractivity contribution in [2.75, 3.05) is 0 Å². The number of H-pyrrole nitrogens is 1. The van der Waals surface area contributed by atoms with Crippen LogP contribution in [0.25, 0.3) is 10.9 Å². The number of nitrogens with one attached hydrogen (secondary N) is 1. The Morgan fingerprint density at radius 1 is 1.35 bits per heavy atom. The van der Waals surface area contributed by atoms with Crippen LogP contribution >= 0.6 is 15.9 Å². The third kappa shape index (κ3) is 4.98. The summed E-state index contributed by atoms with van der Waals surface area (Å²) in [5, 5.41) is 9.77. The highest BCUT2D eigenvalue weighted by Crippen LogP contribution is 2.23. The Kier molecular flexibility index (Phi) is 8.92. The van der Waals surface area contributed by atoms with Gasteiger partial charge in [-0.3, -0.25) is 4.79 Å². The highest BCUT2D eigenvalue weighted by atomic mass is 79.9. The smallest absolute Gasteiger partial charge is 0.320 e. The molecule has 0 radical (unpaired) electrons. The van der Waals surface area contributed by atoms with E-state index in [-0.39, 0.29) is 0 Å². The first-order valence-electron chi connectivity index (χ1n) is 6.82. The molecule has 0 aliphatic rings. The number of fused-ring (bicyclic) bond motifs is 1. The van der Waals surface area contributed by atoms with Crippen LogP contribution in [0.2, 0.25) is 0 Å². The second-order valence-electron chi connectivity index (χ2n) is 3.65. The Hall–Kier alpha value is -1.33. The van der Waals surface area contributed by atoms with Gasteiger partial charge < -0.3 is 15.8 Å². The van der Waals surface area contributed by atoms with E-state index in [0.717, 1.165) is 20.9 Å². The number of halogens is 1. The quantitative estimate of drug-likeness (QED) is 0.790. The average Bonchev–Trinajstić information content (AvgIpc) is 2.85. The second kappa shape index (κ2) is 9.55. The van der Waals surface area contributed by atoms with Crippen LogP contribution in [0.1, 0.15) is 33.3 Å². The molecular formula is C15H23BrN2O2. The summed E-state index contributed by atoms with van der Waals surface area (Å²) in [6, 6.07) is 4.96. The molecule has 0 fully saturated rings. The normalized spacial score (nSPS) is 10.9. The number of benzene rings is 1. The van der Waals surface area contributed by atoms with Crippen molar-refractivity contribution >= 4 is 32.8 Å². The van der Waals surface area contributed by atoms with Crippen LogP contribution in [-0.4, -0.2) is 22.1 Å². The minimum Gasteiger partial charge on any atom is -0.480 e. The Morgan fingerprint density at radius 2 is 1.95 bits per heavy atom. The third-order valence-corrected chi connectivity index (χ3v) is 2.98. The molecular weight excluding hydrogens is 320 g/mol. The van der Waals surface area contributed by atoms with Gasteiger partial charge >= 0.3 is 5.97 Å². The van der Waals surface area contributed by atoms with Gasteiger partial charge in [-0.1, -0.05) is 49.7 Å². The Labute approximate surface area is 128 Å². The number of aromatic nitrogens is 1. The molecule has 0 aliphatic carbocycles. The summed E-state index contributed by atoms with van der Waals surface area (Å²) in [6.45, 7) is 8.00. The first-order valence-corrected chi connectivity index (χ1v) is 7.61. The molecule has 1 heterocycles. The van der Waals surface area contributed by atoms with Gasteiger partial charge in [0, 0.05) is 28.0 Å². The van der Waals surface area contributed by atoms with E-state index in [0.29, 0.717) is 6.42 Å². The van der Waals surface area contributed by atoms with Gasteiger partial charge in [0.2, 0.25) is 0 Å². The van der Waals surface area contributed by atoms with Crippen molar-refractivity contribution in [1.82, 2.24) is 4.98 Å². The zero-order chi connectivity index (χ0) is 15.7. The van der Waals surface area contributed by atoms with Gasteiger partial charge in [0.1, 0.15) is 6.04 Å². The fourth-order valence-corrected chi connectivity index (χ4v) is 2.01. The molecule has 1 atom stereocenters. The maximum atomic E-state index is 10.7. The molecule has 0 aliphatic heterocycles. The third-order valence-electron chi connectivity index (χ3n) is 2.49. The van der Waals surface area contributed by atoms with Crippen molar-refractivity contribution < 1.29 is 9.90 Å². The molecule has 0 saturated heterocycles. The summed E-state index contributed by atoms with van der Waals surface area (Å²) in [7, 11) is 0. The number of carboxylic acid groups (broad SMARTS) is 1. The lowest BCUT2D eigenvalue weighted by atomic mass is 10.1. The van der Waals surface area contributed by atoms with E-state index in [9.17, 15) is 4.79 Å². The molecule has 0 unspecified atom stereocenters. The lowest BCUT2D eigenvalue weighted by Gasteiger charge is -2.04. The molecule has 0 amide bonds. The molecule has 0 saturated carbocycles. The SMILES string of the molecule is CC.CC.N[C@H](Cc1c[nH]c2cc(Br)ccc12)C(=O)O. The second-order valence-corrected chi connectivity index (χ2v) is 4.57. The van der Waals surface area contributed by atoms with Crippen LogP contribution in [-0.2, 0) is 11.2 Å². The highest BCUT2D eigenvalue weighted by molar-refractivity contribution is 9.10. The van der Waals surface area contributed by atoms with Crippen LogP contribution in [0, 0.1) is 0 Å². The minimum absolute atomic E-state index is 0.330. The van der Waals surface area contributed by atoms with Gasteiger partial charge in [-0.05, 0) is 17.7 Å². The molecule has 2 rings (SSSR count). The number of aromatic amines is 1. The first kappa shape index (κ1) is 18.7. The summed E-state index contributed by atoms with van der Waals surface area (Å²) >= 11 is 3.38. The summed E-state index contributed by atoms with van der Waals surface area (Å²) < 4.78 is 0.982. The zero-order valence-corrected chi connectivity index (χ0v) is 14.0. The monoisotopic (exact) mass is 342 g/mol. The van der Waals surface area contributed by atoms with Gasteiger partial charge in [-0.25, -0.2) is 0 Å². The molecule has 20 heavy (non-hydrogen) atoms. The molecule has 112 valence electrons. The van der Waals surface area contributed by atoms with Crippen LogP contribution < -0.4 is 5.73 Å². The Balaban J connectivity index is 0.000000829. The number of carboxylic acids is 1. The summed E-state index contributed by atoms with van der Waals surface area (Å²) in [5.74, 6) is -0.980. The molecule has 0 bridgehead atoms. The topological polar surface area (TPSA) is 79.1 Å². The average molecular weight is 343 g/mol. The van der Waals surface area contributed by atoms with Crippen LogP contribution in [0.3, 0.4) is 0 Å². The lowest BCUT2D eigenvalue weighted by molar-refractivity contribution is -0.138. The fraction of sp³-hybridized carbons (Fsp3) is 0.400. The van der Waals surface area contributed by atoms with Crippen molar-refractivity contribution in [2.24, 2.45) is 5.73 Å². The predicted octanol–water partition coefficient (Wildman–Crippen LogP) is 3.94. The van der Waals surface area contributed by atoms with E-state index < -0.39 is 12.0 Å². The Bertz CT molecular complexity index is 538. The number of carbonyl (C=O) groups is 1. The maximum Gasteiger partial charge on any atom is 0.320 e. The van der Waals surface area contributed by atoms with Gasteiger partial charge in [-0.2, -0.15) is 0 Å². The largest absolute Gasteiger partial charge is 0.480 e. The summed E-state index contributed by atoms with van der Waals surface area (Å²) in [5.41, 5.74) is 7.41. The standard InChI is InChI=1S/C11H11BrN2O2.2C2H6/c12-7-1-2-8-6(3-9(13)11(15)16)5-14-10(8)4-7;2*1-2/h1-2,4-5,9,14H,3,13H2,(H,15,16);2*1-2H3/t9-;;/m1../s1. The molecule has 4 N–H and O–H groups in total. The zero-order valence-electron chi connectivity index (χ0n) is 12.4. The predicted molar refractivity (Wildman–Crippen MR) is 88.0 cm³/mol. The van der Waals surface area contributed by atoms with Crippen molar-refractivity contribution in [3.05, 3.63) is 34.4 Å². The molecule has 5 heteroatoms. The maximum absolute atomic E-state index is 10.7. The van der Waals surface area contributed by atoms with Crippen LogP contribution in [0.4, 0.5) is 0 Å².